The number of rotatable bonds is 3. The number of carbonyl (C=O) groups is 1. The van der Waals surface area contributed by atoms with Gasteiger partial charge in [-0.25, -0.2) is 9.79 Å². The molecule has 1 aromatic rings. The molecule has 1 unspecified atom stereocenters. The molecule has 9 nitrogen and oxygen atoms in total. The molecule has 1 aliphatic carbocycles. The minimum absolute atomic E-state index is 0.288. The fourth-order valence-electron chi connectivity index (χ4n) is 2.78. The van der Waals surface area contributed by atoms with Crippen molar-refractivity contribution >= 4 is 33.5 Å². The number of aliphatic imine (C=N–C) groups is 1. The van der Waals surface area contributed by atoms with Crippen molar-refractivity contribution in [1.29, 1.82) is 0 Å². The maximum Gasteiger partial charge on any atom is 0.394 e. The number of hydrogen-bond donors (Lipinski definition) is 2. The SMILES string of the molecule is CCOC(=O)C1(OC)C=CC=C2C1=Nc1ccccc1N2C.O=S(=O)(O)O. The lowest BCUT2D eigenvalue weighted by molar-refractivity contribution is -0.156. The van der Waals surface area contributed by atoms with E-state index in [2.05, 4.69) is 4.99 Å². The second-order valence-corrected chi connectivity index (χ2v) is 6.42. The Morgan fingerprint density at radius 1 is 1.30 bits per heavy atom. The van der Waals surface area contributed by atoms with Gasteiger partial charge in [0.15, 0.2) is 0 Å². The zero-order chi connectivity index (χ0) is 20.2. The number of para-hydroxylation sites is 2. The van der Waals surface area contributed by atoms with Gasteiger partial charge in [0.1, 0.15) is 5.71 Å². The Hall–Kier alpha value is -2.53. The first-order valence-electron chi connectivity index (χ1n) is 7.88. The maximum absolute atomic E-state index is 12.5. The topological polar surface area (TPSA) is 126 Å². The summed E-state index contributed by atoms with van der Waals surface area (Å²) in [5.41, 5.74) is 1.87. The summed E-state index contributed by atoms with van der Waals surface area (Å²) in [4.78, 5) is 19.2. The van der Waals surface area contributed by atoms with Crippen LogP contribution in [0.5, 0.6) is 0 Å². The monoisotopic (exact) mass is 396 g/mol. The predicted molar refractivity (Wildman–Crippen MR) is 99.7 cm³/mol. The van der Waals surface area contributed by atoms with Gasteiger partial charge in [-0.15, -0.1) is 0 Å². The number of anilines is 1. The molecular weight excluding hydrogens is 376 g/mol. The first-order valence-corrected chi connectivity index (χ1v) is 9.27. The highest BCUT2D eigenvalue weighted by Crippen LogP contribution is 2.40. The Balaban J connectivity index is 0.000000465. The average Bonchev–Trinajstić information content (AvgIpc) is 2.60. The molecule has 1 aliphatic heterocycles. The molecule has 10 heteroatoms. The van der Waals surface area contributed by atoms with E-state index in [9.17, 15) is 4.79 Å². The molecule has 27 heavy (non-hydrogen) atoms. The summed E-state index contributed by atoms with van der Waals surface area (Å²) < 4.78 is 42.4. The van der Waals surface area contributed by atoms with Crippen LogP contribution in [0.2, 0.25) is 0 Å². The van der Waals surface area contributed by atoms with Gasteiger partial charge < -0.3 is 14.4 Å². The molecule has 1 aromatic carbocycles. The number of methoxy groups -OCH3 is 1. The van der Waals surface area contributed by atoms with Crippen LogP contribution in [0, 0.1) is 0 Å². The molecule has 2 aliphatic rings. The number of fused-ring (bicyclic) bond motifs is 2. The van der Waals surface area contributed by atoms with Crippen LogP contribution in [0.25, 0.3) is 0 Å². The van der Waals surface area contributed by atoms with Crippen molar-refractivity contribution < 1.29 is 31.8 Å². The number of carbonyl (C=O) groups excluding carboxylic acids is 1. The van der Waals surface area contributed by atoms with Gasteiger partial charge in [0, 0.05) is 14.2 Å². The molecule has 0 radical (unpaired) electrons. The highest BCUT2D eigenvalue weighted by atomic mass is 32.3. The third-order valence-corrected chi connectivity index (χ3v) is 3.92. The van der Waals surface area contributed by atoms with Gasteiger partial charge in [-0.2, -0.15) is 8.42 Å². The third kappa shape index (κ3) is 4.42. The normalized spacial score (nSPS) is 20.4. The molecule has 0 saturated heterocycles. The highest BCUT2D eigenvalue weighted by Gasteiger charge is 2.48. The first-order chi connectivity index (χ1) is 12.6. The molecule has 0 aromatic heterocycles. The van der Waals surface area contributed by atoms with E-state index in [1.54, 1.807) is 19.1 Å². The van der Waals surface area contributed by atoms with Crippen LogP contribution in [0.4, 0.5) is 11.4 Å². The molecule has 1 heterocycles. The zero-order valence-electron chi connectivity index (χ0n) is 15.0. The number of esters is 1. The van der Waals surface area contributed by atoms with Gasteiger partial charge in [0.25, 0.3) is 0 Å². The van der Waals surface area contributed by atoms with Crippen LogP contribution in [0.1, 0.15) is 6.92 Å². The summed E-state index contributed by atoms with van der Waals surface area (Å²) in [6.07, 6.45) is 5.42. The largest absolute Gasteiger partial charge is 0.463 e. The average molecular weight is 396 g/mol. The lowest BCUT2D eigenvalue weighted by Gasteiger charge is -2.38. The van der Waals surface area contributed by atoms with Crippen molar-refractivity contribution in [2.75, 3.05) is 25.7 Å². The molecule has 0 bridgehead atoms. The van der Waals surface area contributed by atoms with E-state index in [0.717, 1.165) is 17.1 Å². The Bertz CT molecular complexity index is 913. The number of ether oxygens (including phenoxy) is 2. The Kier molecular flexibility index (Phi) is 6.16. The van der Waals surface area contributed by atoms with Gasteiger partial charge >= 0.3 is 16.4 Å². The quantitative estimate of drug-likeness (QED) is 0.587. The van der Waals surface area contributed by atoms with Crippen LogP contribution < -0.4 is 4.90 Å². The number of allylic oxidation sites excluding steroid dienone is 2. The standard InChI is InChI=1S/C17H18N2O3.H2O4S/c1-4-22-16(20)17(21-3)11-7-10-14-15(17)18-12-8-5-6-9-13(12)19(14)2;1-5(2,3)4/h5-11H,4H2,1-3H3;(H2,1,2,3,4). The van der Waals surface area contributed by atoms with Crippen molar-refractivity contribution in [3.05, 3.63) is 48.2 Å². The van der Waals surface area contributed by atoms with E-state index in [0.29, 0.717) is 5.71 Å². The van der Waals surface area contributed by atoms with E-state index < -0.39 is 22.0 Å². The predicted octanol–water partition coefficient (Wildman–Crippen LogP) is 1.96. The molecule has 146 valence electrons. The van der Waals surface area contributed by atoms with Crippen LogP contribution in [0.15, 0.2) is 53.2 Å². The van der Waals surface area contributed by atoms with Crippen molar-refractivity contribution in [1.82, 2.24) is 0 Å². The zero-order valence-corrected chi connectivity index (χ0v) is 15.8. The molecule has 3 rings (SSSR count). The van der Waals surface area contributed by atoms with E-state index >= 15 is 0 Å². The van der Waals surface area contributed by atoms with Gasteiger partial charge in [-0.1, -0.05) is 18.2 Å². The molecule has 0 spiro atoms. The van der Waals surface area contributed by atoms with Crippen molar-refractivity contribution in [2.24, 2.45) is 4.99 Å². The molecule has 2 N–H and O–H groups in total. The molecule has 1 atom stereocenters. The fourth-order valence-corrected chi connectivity index (χ4v) is 2.78. The summed E-state index contributed by atoms with van der Waals surface area (Å²) in [6.45, 7) is 2.06. The lowest BCUT2D eigenvalue weighted by Crippen LogP contribution is -2.52. The Morgan fingerprint density at radius 3 is 2.52 bits per heavy atom. The van der Waals surface area contributed by atoms with E-state index in [-0.39, 0.29) is 6.61 Å². The Morgan fingerprint density at radius 2 is 1.93 bits per heavy atom. The highest BCUT2D eigenvalue weighted by molar-refractivity contribution is 7.79. The van der Waals surface area contributed by atoms with Crippen molar-refractivity contribution in [2.45, 2.75) is 12.5 Å². The van der Waals surface area contributed by atoms with Gasteiger partial charge in [-0.05, 0) is 31.2 Å². The van der Waals surface area contributed by atoms with Gasteiger partial charge in [-0.3, -0.25) is 9.11 Å². The molecule has 0 fully saturated rings. The summed E-state index contributed by atoms with van der Waals surface area (Å²) in [7, 11) is -1.22. The number of nitrogens with zero attached hydrogens (tertiary/aromatic N) is 2. The summed E-state index contributed by atoms with van der Waals surface area (Å²) >= 11 is 0. The lowest BCUT2D eigenvalue weighted by atomic mass is 9.88. The summed E-state index contributed by atoms with van der Waals surface area (Å²) in [5.74, 6) is -0.453. The van der Waals surface area contributed by atoms with E-state index in [1.807, 2.05) is 42.3 Å². The number of benzene rings is 1. The third-order valence-electron chi connectivity index (χ3n) is 3.92. The van der Waals surface area contributed by atoms with Gasteiger partial charge in [0.05, 0.1) is 23.7 Å². The second-order valence-electron chi connectivity index (χ2n) is 5.53. The van der Waals surface area contributed by atoms with Crippen LogP contribution in [-0.4, -0.2) is 55.6 Å². The Labute approximate surface area is 157 Å². The van der Waals surface area contributed by atoms with E-state index in [1.165, 1.54) is 7.11 Å². The summed E-state index contributed by atoms with van der Waals surface area (Å²) in [5, 5.41) is 0. The second kappa shape index (κ2) is 8.01. The van der Waals surface area contributed by atoms with Gasteiger partial charge in [0.2, 0.25) is 5.60 Å². The van der Waals surface area contributed by atoms with Crippen LogP contribution in [-0.2, 0) is 24.7 Å². The van der Waals surface area contributed by atoms with Crippen LogP contribution in [0.3, 0.4) is 0 Å². The fraction of sp³-hybridized carbons (Fsp3) is 0.294. The summed E-state index contributed by atoms with van der Waals surface area (Å²) in [6, 6.07) is 7.79. The smallest absolute Gasteiger partial charge is 0.394 e. The van der Waals surface area contributed by atoms with Crippen molar-refractivity contribution in [3.63, 3.8) is 0 Å². The van der Waals surface area contributed by atoms with E-state index in [4.69, 9.17) is 27.0 Å². The number of hydrogen-bond acceptors (Lipinski definition) is 7. The maximum atomic E-state index is 12.5. The first kappa shape index (κ1) is 20.8. The molecular formula is C17H20N2O7S. The minimum Gasteiger partial charge on any atom is -0.463 e. The molecule has 0 saturated carbocycles. The van der Waals surface area contributed by atoms with Crippen molar-refractivity contribution in [3.8, 4) is 0 Å². The van der Waals surface area contributed by atoms with Crippen LogP contribution >= 0.6 is 0 Å². The molecule has 0 amide bonds. The minimum atomic E-state index is -4.67.